The lowest BCUT2D eigenvalue weighted by molar-refractivity contribution is -0.384. The first-order valence-corrected chi connectivity index (χ1v) is 8.43. The van der Waals surface area contributed by atoms with Gasteiger partial charge in [0.15, 0.2) is 6.61 Å². The van der Waals surface area contributed by atoms with Gasteiger partial charge in [0.2, 0.25) is 5.91 Å². The van der Waals surface area contributed by atoms with E-state index >= 15 is 0 Å². The average Bonchev–Trinajstić information content (AvgIpc) is 2.67. The van der Waals surface area contributed by atoms with Crippen LogP contribution in [0.1, 0.15) is 5.56 Å². The summed E-state index contributed by atoms with van der Waals surface area (Å²) >= 11 is 5.68. The number of carbonyl (C=O) groups is 3. The second-order valence-corrected chi connectivity index (χ2v) is 5.98. The summed E-state index contributed by atoms with van der Waals surface area (Å²) in [5, 5.41) is 15.5. The molecular weight excluding hydrogens is 390 g/mol. The molecule has 0 heterocycles. The highest BCUT2D eigenvalue weighted by Gasteiger charge is 2.15. The van der Waals surface area contributed by atoms with Crippen molar-refractivity contribution < 1.29 is 24.0 Å². The molecule has 0 saturated heterocycles. The number of nitro benzene ring substituents is 1. The van der Waals surface area contributed by atoms with Gasteiger partial charge in [0, 0.05) is 11.8 Å². The number of nitro groups is 1. The number of nitrogens with zero attached hydrogens (tertiary/aromatic N) is 1. The number of carbonyl (C=O) groups excluding carboxylic acids is 3. The third-order valence-electron chi connectivity index (χ3n) is 3.43. The fourth-order valence-electron chi connectivity index (χ4n) is 2.14. The van der Waals surface area contributed by atoms with Crippen LogP contribution < -0.4 is 10.6 Å². The van der Waals surface area contributed by atoms with Gasteiger partial charge in [-0.25, -0.2) is 0 Å². The van der Waals surface area contributed by atoms with Crippen molar-refractivity contribution in [2.24, 2.45) is 0 Å². The number of halogens is 1. The molecule has 0 aliphatic carbocycles. The highest BCUT2D eigenvalue weighted by molar-refractivity contribution is 6.32. The lowest BCUT2D eigenvalue weighted by Crippen LogP contribution is -2.33. The fourth-order valence-corrected chi connectivity index (χ4v) is 2.33. The van der Waals surface area contributed by atoms with E-state index in [1.54, 1.807) is 24.3 Å². The zero-order valence-corrected chi connectivity index (χ0v) is 15.3. The summed E-state index contributed by atoms with van der Waals surface area (Å²) in [5.74, 6) is -1.85. The van der Waals surface area contributed by atoms with Gasteiger partial charge in [-0.05, 0) is 17.7 Å². The average molecular weight is 406 g/mol. The topological polar surface area (TPSA) is 128 Å². The Morgan fingerprint density at radius 2 is 1.79 bits per heavy atom. The van der Waals surface area contributed by atoms with E-state index in [2.05, 4.69) is 10.6 Å². The van der Waals surface area contributed by atoms with E-state index in [-0.39, 0.29) is 35.3 Å². The second-order valence-electron chi connectivity index (χ2n) is 5.57. The molecule has 28 heavy (non-hydrogen) atoms. The third-order valence-corrected chi connectivity index (χ3v) is 3.75. The van der Waals surface area contributed by atoms with Crippen molar-refractivity contribution in [3.05, 3.63) is 69.2 Å². The van der Waals surface area contributed by atoms with Crippen molar-refractivity contribution in [1.29, 1.82) is 0 Å². The molecular formula is C18H16ClN3O6. The summed E-state index contributed by atoms with van der Waals surface area (Å²) in [7, 11) is 0. The molecule has 2 N–H and O–H groups in total. The zero-order chi connectivity index (χ0) is 20.5. The van der Waals surface area contributed by atoms with Crippen LogP contribution in [0.4, 0.5) is 11.4 Å². The van der Waals surface area contributed by atoms with Crippen LogP contribution in [0.2, 0.25) is 5.02 Å². The highest BCUT2D eigenvalue weighted by atomic mass is 35.5. The lowest BCUT2D eigenvalue weighted by Gasteiger charge is -2.08. The zero-order valence-electron chi connectivity index (χ0n) is 14.5. The summed E-state index contributed by atoms with van der Waals surface area (Å²) in [6.45, 7) is -0.991. The molecule has 9 nitrogen and oxygen atoms in total. The van der Waals surface area contributed by atoms with Gasteiger partial charge in [0.05, 0.1) is 11.3 Å². The van der Waals surface area contributed by atoms with Crippen LogP contribution in [0.5, 0.6) is 0 Å². The molecule has 2 aromatic rings. The normalized spacial score (nSPS) is 10.0. The molecule has 2 rings (SSSR count). The second kappa shape index (κ2) is 10.0. The molecule has 2 amide bonds. The van der Waals surface area contributed by atoms with E-state index < -0.39 is 23.4 Å². The maximum Gasteiger partial charge on any atom is 0.325 e. The molecule has 0 aliphatic rings. The number of rotatable bonds is 8. The molecule has 0 aliphatic heterocycles. The van der Waals surface area contributed by atoms with Crippen molar-refractivity contribution in [1.82, 2.24) is 5.32 Å². The molecule has 0 unspecified atom stereocenters. The van der Waals surface area contributed by atoms with Crippen LogP contribution in [0, 0.1) is 10.1 Å². The van der Waals surface area contributed by atoms with Gasteiger partial charge in [-0.1, -0.05) is 41.9 Å². The number of hydrogen-bond acceptors (Lipinski definition) is 6. The van der Waals surface area contributed by atoms with Crippen LogP contribution in [0.25, 0.3) is 0 Å². The number of anilines is 1. The molecule has 10 heteroatoms. The Bertz CT molecular complexity index is 888. The van der Waals surface area contributed by atoms with Crippen molar-refractivity contribution in [3.8, 4) is 0 Å². The summed E-state index contributed by atoms with van der Waals surface area (Å²) in [5.41, 5.74) is 0.565. The monoisotopic (exact) mass is 405 g/mol. The number of hydrogen-bond donors (Lipinski definition) is 2. The predicted molar refractivity (Wildman–Crippen MR) is 101 cm³/mol. The van der Waals surface area contributed by atoms with E-state index in [1.807, 2.05) is 6.07 Å². The molecule has 0 spiro atoms. The van der Waals surface area contributed by atoms with Crippen LogP contribution in [-0.2, 0) is 25.5 Å². The Balaban J connectivity index is 1.73. The van der Waals surface area contributed by atoms with Gasteiger partial charge in [0.25, 0.3) is 11.6 Å². The highest BCUT2D eigenvalue weighted by Crippen LogP contribution is 2.27. The Hall–Kier alpha value is -3.46. The van der Waals surface area contributed by atoms with Gasteiger partial charge in [0.1, 0.15) is 11.6 Å². The van der Waals surface area contributed by atoms with Crippen molar-refractivity contribution in [2.45, 2.75) is 6.42 Å². The van der Waals surface area contributed by atoms with E-state index in [0.717, 1.165) is 11.6 Å². The third kappa shape index (κ3) is 6.69. The number of esters is 1. The summed E-state index contributed by atoms with van der Waals surface area (Å²) in [4.78, 5) is 45.3. The smallest absolute Gasteiger partial charge is 0.325 e. The minimum atomic E-state index is -0.793. The maximum absolute atomic E-state index is 11.8. The standard InChI is InChI=1S/C18H16ClN3O6/c19-14-7-6-13(9-15(14)22(26)27)21-17(24)11-28-18(25)10-20-16(23)8-12-4-2-1-3-5-12/h1-7,9H,8,10-11H2,(H,20,23)(H,21,24). The van der Waals surface area contributed by atoms with Gasteiger partial charge in [-0.3, -0.25) is 24.5 Å². The Kier molecular flexibility index (Phi) is 7.46. The van der Waals surface area contributed by atoms with Crippen molar-refractivity contribution in [3.63, 3.8) is 0 Å². The Morgan fingerprint density at radius 3 is 2.46 bits per heavy atom. The molecule has 0 saturated carbocycles. The first-order chi connectivity index (χ1) is 13.3. The summed E-state index contributed by atoms with van der Waals surface area (Å²) in [6.07, 6.45) is 0.115. The van der Waals surface area contributed by atoms with Crippen LogP contribution in [-0.4, -0.2) is 35.9 Å². The molecule has 2 aromatic carbocycles. The molecule has 0 atom stereocenters. The minimum Gasteiger partial charge on any atom is -0.454 e. The van der Waals surface area contributed by atoms with Gasteiger partial charge >= 0.3 is 5.97 Å². The van der Waals surface area contributed by atoms with Crippen LogP contribution in [0.3, 0.4) is 0 Å². The van der Waals surface area contributed by atoms with Crippen molar-refractivity contribution >= 4 is 40.8 Å². The number of ether oxygens (including phenoxy) is 1. The quantitative estimate of drug-likeness (QED) is 0.393. The van der Waals surface area contributed by atoms with E-state index in [0.29, 0.717) is 0 Å². The molecule has 0 aromatic heterocycles. The predicted octanol–water partition coefficient (Wildman–Crippen LogP) is 2.09. The molecule has 0 bridgehead atoms. The van der Waals surface area contributed by atoms with Crippen LogP contribution >= 0.6 is 11.6 Å². The van der Waals surface area contributed by atoms with E-state index in [4.69, 9.17) is 16.3 Å². The first-order valence-electron chi connectivity index (χ1n) is 8.05. The van der Waals surface area contributed by atoms with Gasteiger partial charge in [-0.15, -0.1) is 0 Å². The molecule has 146 valence electrons. The Morgan fingerprint density at radius 1 is 1.07 bits per heavy atom. The SMILES string of the molecule is O=C(Cc1ccccc1)NCC(=O)OCC(=O)Nc1ccc(Cl)c([N+](=O)[O-])c1. The summed E-state index contributed by atoms with van der Waals surface area (Å²) < 4.78 is 4.75. The van der Waals surface area contributed by atoms with Crippen LogP contribution in [0.15, 0.2) is 48.5 Å². The lowest BCUT2D eigenvalue weighted by atomic mass is 10.1. The minimum absolute atomic E-state index is 0.0688. The number of nitrogens with one attached hydrogen (secondary N) is 2. The largest absolute Gasteiger partial charge is 0.454 e. The maximum atomic E-state index is 11.8. The van der Waals surface area contributed by atoms with Gasteiger partial charge in [-0.2, -0.15) is 0 Å². The number of amides is 2. The van der Waals surface area contributed by atoms with E-state index in [1.165, 1.54) is 12.1 Å². The first kappa shape index (κ1) is 20.8. The fraction of sp³-hybridized carbons (Fsp3) is 0.167. The molecule has 0 radical (unpaired) electrons. The number of benzene rings is 2. The molecule has 0 fully saturated rings. The Labute approximate surface area is 164 Å². The van der Waals surface area contributed by atoms with E-state index in [9.17, 15) is 24.5 Å². The van der Waals surface area contributed by atoms with Gasteiger partial charge < -0.3 is 15.4 Å². The van der Waals surface area contributed by atoms with Crippen molar-refractivity contribution in [2.75, 3.05) is 18.5 Å². The summed E-state index contributed by atoms with van der Waals surface area (Å²) in [6, 6.07) is 12.7.